The van der Waals surface area contributed by atoms with Crippen LogP contribution >= 0.6 is 0 Å². The minimum Gasteiger partial charge on any atom is -0.474 e. The van der Waals surface area contributed by atoms with Gasteiger partial charge in [0.05, 0.1) is 0 Å². The molecule has 21 heavy (non-hydrogen) atoms. The Bertz CT molecular complexity index is 552. The summed E-state index contributed by atoms with van der Waals surface area (Å²) in [6, 6.07) is 1.72. The quantitative estimate of drug-likeness (QED) is 0.816. The van der Waals surface area contributed by atoms with Gasteiger partial charge in [-0.25, -0.2) is 9.97 Å². The van der Waals surface area contributed by atoms with Crippen molar-refractivity contribution < 1.29 is 13.2 Å². The van der Waals surface area contributed by atoms with Gasteiger partial charge in [0.2, 0.25) is 5.88 Å². The molecule has 8 heteroatoms. The number of ether oxygens (including phenoxy) is 1. The second-order valence-electron chi connectivity index (χ2n) is 5.38. The van der Waals surface area contributed by atoms with Crippen molar-refractivity contribution in [3.05, 3.63) is 18.6 Å². The molecule has 0 spiro atoms. The molecule has 0 bridgehead atoms. The van der Waals surface area contributed by atoms with Crippen LogP contribution in [0.5, 0.6) is 5.88 Å². The van der Waals surface area contributed by atoms with Crippen LogP contribution in [-0.2, 0) is 10.2 Å². The highest BCUT2D eigenvalue weighted by atomic mass is 32.2. The summed E-state index contributed by atoms with van der Waals surface area (Å²) in [6.07, 6.45) is 6.41. The lowest BCUT2D eigenvalue weighted by atomic mass is 10.1. The topological polar surface area (TPSA) is 75.6 Å². The Hall–Kier alpha value is -1.25. The molecular weight excluding hydrogens is 292 g/mol. The zero-order chi connectivity index (χ0) is 14.7. The normalized spacial score (nSPS) is 22.5. The molecule has 0 unspecified atom stereocenters. The van der Waals surface area contributed by atoms with Crippen molar-refractivity contribution >= 4 is 10.2 Å². The first-order chi connectivity index (χ1) is 10.2. The Morgan fingerprint density at radius 2 is 1.76 bits per heavy atom. The fraction of sp³-hybridized carbons (Fsp3) is 0.692. The Balaban J connectivity index is 1.55. The van der Waals surface area contributed by atoms with Crippen molar-refractivity contribution in [1.29, 1.82) is 0 Å². The van der Waals surface area contributed by atoms with Gasteiger partial charge in [-0.2, -0.15) is 17.0 Å². The van der Waals surface area contributed by atoms with Crippen LogP contribution in [0, 0.1) is 0 Å². The fourth-order valence-electron chi connectivity index (χ4n) is 2.78. The fourth-order valence-corrected chi connectivity index (χ4v) is 4.50. The molecule has 2 aliphatic heterocycles. The number of piperidine rings is 1. The van der Waals surface area contributed by atoms with Crippen LogP contribution in [0.3, 0.4) is 0 Å². The third-order valence-electron chi connectivity index (χ3n) is 3.96. The van der Waals surface area contributed by atoms with Crippen molar-refractivity contribution in [3.8, 4) is 5.88 Å². The molecule has 7 nitrogen and oxygen atoms in total. The van der Waals surface area contributed by atoms with Crippen LogP contribution in [0.4, 0.5) is 0 Å². The van der Waals surface area contributed by atoms with E-state index in [1.165, 1.54) is 6.33 Å². The van der Waals surface area contributed by atoms with Gasteiger partial charge in [0.15, 0.2) is 0 Å². The standard InChI is InChI=1S/C13H20N4O3S/c18-21(19,16-7-1-2-8-16)17-9-4-12(5-10-17)20-13-3-6-14-11-15-13/h3,6,11-12H,1-2,4-5,7-10H2. The van der Waals surface area contributed by atoms with Crippen LogP contribution < -0.4 is 4.74 Å². The van der Waals surface area contributed by atoms with Crippen LogP contribution in [0.2, 0.25) is 0 Å². The molecule has 0 radical (unpaired) electrons. The van der Waals surface area contributed by atoms with Crippen LogP contribution in [0.15, 0.2) is 18.6 Å². The molecule has 2 saturated heterocycles. The molecule has 2 aliphatic rings. The average molecular weight is 312 g/mol. The van der Waals surface area contributed by atoms with E-state index in [1.807, 2.05) is 0 Å². The minimum absolute atomic E-state index is 0.0185. The van der Waals surface area contributed by atoms with Crippen LogP contribution in [0.1, 0.15) is 25.7 Å². The smallest absolute Gasteiger partial charge is 0.281 e. The van der Waals surface area contributed by atoms with E-state index in [0.29, 0.717) is 44.9 Å². The van der Waals surface area contributed by atoms with Crippen molar-refractivity contribution in [2.45, 2.75) is 31.8 Å². The van der Waals surface area contributed by atoms with Crippen molar-refractivity contribution in [1.82, 2.24) is 18.6 Å². The summed E-state index contributed by atoms with van der Waals surface area (Å²) in [7, 11) is -3.27. The first-order valence-electron chi connectivity index (χ1n) is 7.34. The molecule has 1 aromatic rings. The summed E-state index contributed by atoms with van der Waals surface area (Å²) in [4.78, 5) is 7.87. The van der Waals surface area contributed by atoms with Crippen molar-refractivity contribution in [2.24, 2.45) is 0 Å². The van der Waals surface area contributed by atoms with E-state index in [0.717, 1.165) is 12.8 Å². The Labute approximate surface area is 125 Å². The Morgan fingerprint density at radius 1 is 1.10 bits per heavy atom. The highest BCUT2D eigenvalue weighted by molar-refractivity contribution is 7.86. The summed E-state index contributed by atoms with van der Waals surface area (Å²) in [5, 5.41) is 0. The van der Waals surface area contributed by atoms with Crippen molar-refractivity contribution in [3.63, 3.8) is 0 Å². The van der Waals surface area contributed by atoms with Gasteiger partial charge in [-0.1, -0.05) is 0 Å². The molecule has 116 valence electrons. The average Bonchev–Trinajstić information content (AvgIpc) is 3.04. The highest BCUT2D eigenvalue weighted by Gasteiger charge is 2.34. The second-order valence-corrected chi connectivity index (χ2v) is 7.31. The second kappa shape index (κ2) is 6.25. The number of nitrogens with zero attached hydrogens (tertiary/aromatic N) is 4. The maximum Gasteiger partial charge on any atom is 0.281 e. The molecule has 3 rings (SSSR count). The van der Waals surface area contributed by atoms with Gasteiger partial charge in [0.1, 0.15) is 12.4 Å². The van der Waals surface area contributed by atoms with Gasteiger partial charge >= 0.3 is 0 Å². The molecule has 0 saturated carbocycles. The van der Waals surface area contributed by atoms with E-state index < -0.39 is 10.2 Å². The number of hydrogen-bond donors (Lipinski definition) is 0. The number of hydrogen-bond acceptors (Lipinski definition) is 5. The maximum absolute atomic E-state index is 12.4. The van der Waals surface area contributed by atoms with Gasteiger partial charge in [-0.05, 0) is 25.7 Å². The molecule has 1 aromatic heterocycles. The SMILES string of the molecule is O=S(=O)(N1CCCC1)N1CCC(Oc2ccncn2)CC1. The zero-order valence-corrected chi connectivity index (χ0v) is 12.7. The third-order valence-corrected chi connectivity index (χ3v) is 6.00. The predicted molar refractivity (Wildman–Crippen MR) is 77.0 cm³/mol. The monoisotopic (exact) mass is 312 g/mol. The minimum atomic E-state index is -3.27. The highest BCUT2D eigenvalue weighted by Crippen LogP contribution is 2.22. The summed E-state index contributed by atoms with van der Waals surface area (Å²) in [5.41, 5.74) is 0. The van der Waals surface area contributed by atoms with E-state index in [1.54, 1.807) is 20.9 Å². The predicted octanol–water partition coefficient (Wildman–Crippen LogP) is 0.660. The van der Waals surface area contributed by atoms with Gasteiger partial charge in [-0.15, -0.1) is 0 Å². The van der Waals surface area contributed by atoms with E-state index in [-0.39, 0.29) is 6.10 Å². The van der Waals surface area contributed by atoms with E-state index >= 15 is 0 Å². The van der Waals surface area contributed by atoms with Gasteiger partial charge < -0.3 is 4.74 Å². The summed E-state index contributed by atoms with van der Waals surface area (Å²) in [5.74, 6) is 0.547. The molecule has 0 aliphatic carbocycles. The summed E-state index contributed by atoms with van der Waals surface area (Å²) >= 11 is 0. The molecule has 0 amide bonds. The Morgan fingerprint density at radius 3 is 2.38 bits per heavy atom. The van der Waals surface area contributed by atoms with E-state index in [2.05, 4.69) is 9.97 Å². The Kier molecular flexibility index (Phi) is 4.37. The molecule has 0 N–H and O–H groups in total. The lowest BCUT2D eigenvalue weighted by Crippen LogP contribution is -2.47. The van der Waals surface area contributed by atoms with Gasteiger partial charge in [0, 0.05) is 38.4 Å². The number of aromatic nitrogens is 2. The first-order valence-corrected chi connectivity index (χ1v) is 8.74. The summed E-state index contributed by atoms with van der Waals surface area (Å²) in [6.45, 7) is 2.32. The van der Waals surface area contributed by atoms with E-state index in [4.69, 9.17) is 4.74 Å². The summed E-state index contributed by atoms with van der Waals surface area (Å²) < 4.78 is 33.8. The van der Waals surface area contributed by atoms with E-state index in [9.17, 15) is 8.42 Å². The van der Waals surface area contributed by atoms with Crippen LogP contribution in [-0.4, -0.2) is 59.3 Å². The largest absolute Gasteiger partial charge is 0.474 e. The molecule has 0 aromatic carbocycles. The van der Waals surface area contributed by atoms with Crippen molar-refractivity contribution in [2.75, 3.05) is 26.2 Å². The van der Waals surface area contributed by atoms with Crippen LogP contribution in [0.25, 0.3) is 0 Å². The first kappa shape index (κ1) is 14.7. The zero-order valence-electron chi connectivity index (χ0n) is 11.9. The molecular formula is C13H20N4O3S. The van der Waals surface area contributed by atoms with Gasteiger partial charge in [-0.3, -0.25) is 0 Å². The molecule has 0 atom stereocenters. The lowest BCUT2D eigenvalue weighted by Gasteiger charge is -2.33. The molecule has 2 fully saturated rings. The lowest BCUT2D eigenvalue weighted by molar-refractivity contribution is 0.127. The maximum atomic E-state index is 12.4. The third kappa shape index (κ3) is 3.33. The molecule has 3 heterocycles. The number of rotatable bonds is 4. The van der Waals surface area contributed by atoms with Gasteiger partial charge in [0.25, 0.3) is 10.2 Å².